The van der Waals surface area contributed by atoms with Crippen molar-refractivity contribution in [2.75, 3.05) is 0 Å². The molecule has 0 N–H and O–H groups in total. The smallest absolute Gasteiger partial charge is 0.167 e. The Labute approximate surface area is 301 Å². The summed E-state index contributed by atoms with van der Waals surface area (Å²) in [5.41, 5.74) is 13.7. The highest BCUT2D eigenvalue weighted by atomic mass is 16.3. The van der Waals surface area contributed by atoms with Crippen molar-refractivity contribution in [3.63, 3.8) is 0 Å². The van der Waals surface area contributed by atoms with Crippen molar-refractivity contribution in [2.24, 2.45) is 0 Å². The molecule has 0 saturated carbocycles. The number of para-hydroxylation sites is 1. The molecule has 0 atom stereocenters. The number of fused-ring (bicyclic) bond motifs is 6. The van der Waals surface area contributed by atoms with Crippen molar-refractivity contribution in [1.29, 1.82) is 0 Å². The number of nitrogens with zero attached hydrogens (tertiary/aromatic N) is 4. The summed E-state index contributed by atoms with van der Waals surface area (Å²) >= 11 is 0. The first-order valence-corrected chi connectivity index (χ1v) is 17.5. The predicted octanol–water partition coefficient (Wildman–Crippen LogP) is 11.8. The molecule has 1 aliphatic carbocycles. The first kappa shape index (κ1) is 30.1. The number of benzene rings is 6. The van der Waals surface area contributed by atoms with E-state index in [1.54, 1.807) is 0 Å². The number of hydrogen-bond donors (Lipinski definition) is 0. The van der Waals surface area contributed by atoms with Crippen LogP contribution >= 0.6 is 0 Å². The normalized spacial score (nSPS) is 13.0. The van der Waals surface area contributed by atoms with Crippen LogP contribution in [0.25, 0.3) is 89.5 Å². The Morgan fingerprint density at radius 1 is 0.423 bits per heavy atom. The van der Waals surface area contributed by atoms with E-state index in [0.717, 1.165) is 60.9 Å². The number of rotatable bonds is 5. The zero-order chi connectivity index (χ0) is 34.8. The van der Waals surface area contributed by atoms with Gasteiger partial charge in [-0.2, -0.15) is 0 Å². The van der Waals surface area contributed by atoms with E-state index in [-0.39, 0.29) is 5.41 Å². The van der Waals surface area contributed by atoms with Gasteiger partial charge in [-0.1, -0.05) is 123 Å². The topological polar surface area (TPSA) is 64.7 Å². The zero-order valence-corrected chi connectivity index (χ0v) is 28.7. The van der Waals surface area contributed by atoms with E-state index in [1.807, 2.05) is 67.0 Å². The second-order valence-electron chi connectivity index (χ2n) is 13.9. The first-order chi connectivity index (χ1) is 25.5. The van der Waals surface area contributed by atoms with Crippen LogP contribution < -0.4 is 0 Å². The molecule has 0 radical (unpaired) electrons. The monoisotopic (exact) mass is 668 g/mol. The second kappa shape index (κ2) is 11.7. The third kappa shape index (κ3) is 4.85. The van der Waals surface area contributed by atoms with Crippen LogP contribution in [0.3, 0.4) is 0 Å². The highest BCUT2D eigenvalue weighted by Crippen LogP contribution is 2.49. The third-order valence-corrected chi connectivity index (χ3v) is 10.5. The van der Waals surface area contributed by atoms with Gasteiger partial charge in [-0.25, -0.2) is 15.0 Å². The Balaban J connectivity index is 1.19. The van der Waals surface area contributed by atoms with Crippen LogP contribution in [0.2, 0.25) is 0 Å². The Bertz CT molecular complexity index is 2800. The molecule has 0 saturated heterocycles. The average Bonchev–Trinajstić information content (AvgIpc) is 3.70. The Hall–Kier alpha value is -6.72. The summed E-state index contributed by atoms with van der Waals surface area (Å²) in [6, 6.07) is 50.7. The fourth-order valence-corrected chi connectivity index (χ4v) is 7.76. The maximum atomic E-state index is 6.61. The predicted molar refractivity (Wildman–Crippen MR) is 210 cm³/mol. The van der Waals surface area contributed by atoms with Crippen LogP contribution in [0.1, 0.15) is 25.0 Å². The molecule has 1 aliphatic rings. The summed E-state index contributed by atoms with van der Waals surface area (Å²) in [7, 11) is 0. The maximum Gasteiger partial charge on any atom is 0.167 e. The molecule has 0 fully saturated rings. The van der Waals surface area contributed by atoms with Crippen molar-refractivity contribution in [3.8, 4) is 67.5 Å². The van der Waals surface area contributed by atoms with E-state index in [1.165, 1.54) is 22.3 Å². The van der Waals surface area contributed by atoms with Gasteiger partial charge in [0.1, 0.15) is 11.2 Å². The standard InChI is InChI=1S/C47H32N4O/c1-47(2)40-14-8-6-12-35(40)37-26-33(20-21-41(37)47)45-49-44(32-10-4-3-5-11-32)50-46(51-45)39-28-34(27-38-36-13-7-9-15-42(36)52-43(38)39)30-18-16-29(17-19-30)31-22-24-48-25-23-31/h3-28H,1-2H3. The van der Waals surface area contributed by atoms with Crippen molar-refractivity contribution in [2.45, 2.75) is 19.3 Å². The van der Waals surface area contributed by atoms with Crippen molar-refractivity contribution < 1.29 is 4.42 Å². The molecule has 246 valence electrons. The van der Waals surface area contributed by atoms with E-state index in [0.29, 0.717) is 17.5 Å². The molecule has 6 aromatic carbocycles. The van der Waals surface area contributed by atoms with Gasteiger partial charge in [0, 0.05) is 39.7 Å². The fraction of sp³-hybridized carbons (Fsp3) is 0.0638. The average molecular weight is 669 g/mol. The van der Waals surface area contributed by atoms with E-state index in [9.17, 15) is 0 Å². The van der Waals surface area contributed by atoms with E-state index in [4.69, 9.17) is 19.4 Å². The molecule has 3 heterocycles. The fourth-order valence-electron chi connectivity index (χ4n) is 7.76. The van der Waals surface area contributed by atoms with Gasteiger partial charge in [-0.15, -0.1) is 0 Å². The van der Waals surface area contributed by atoms with Crippen LogP contribution in [0.15, 0.2) is 162 Å². The summed E-state index contributed by atoms with van der Waals surface area (Å²) in [5, 5.41) is 2.06. The lowest BCUT2D eigenvalue weighted by Gasteiger charge is -2.21. The highest BCUT2D eigenvalue weighted by Gasteiger charge is 2.35. The summed E-state index contributed by atoms with van der Waals surface area (Å²) in [6.07, 6.45) is 3.64. The maximum absolute atomic E-state index is 6.61. The summed E-state index contributed by atoms with van der Waals surface area (Å²) in [6.45, 7) is 4.59. The largest absolute Gasteiger partial charge is 0.455 e. The molecule has 0 aliphatic heterocycles. The van der Waals surface area contributed by atoms with Gasteiger partial charge in [-0.3, -0.25) is 4.98 Å². The number of pyridine rings is 1. The quantitative estimate of drug-likeness (QED) is 0.183. The van der Waals surface area contributed by atoms with Crippen LogP contribution in [0.5, 0.6) is 0 Å². The lowest BCUT2D eigenvalue weighted by molar-refractivity contribution is 0.660. The third-order valence-electron chi connectivity index (χ3n) is 10.5. The minimum absolute atomic E-state index is 0.0895. The molecule has 10 rings (SSSR count). The van der Waals surface area contributed by atoms with Gasteiger partial charge in [-0.05, 0) is 80.9 Å². The lowest BCUT2D eigenvalue weighted by Crippen LogP contribution is -2.14. The number of furan rings is 1. The van der Waals surface area contributed by atoms with Crippen LogP contribution in [-0.2, 0) is 5.41 Å². The summed E-state index contributed by atoms with van der Waals surface area (Å²) in [5.74, 6) is 1.78. The minimum atomic E-state index is -0.0895. The molecule has 52 heavy (non-hydrogen) atoms. The van der Waals surface area contributed by atoms with Crippen LogP contribution in [0.4, 0.5) is 0 Å². The van der Waals surface area contributed by atoms with E-state index in [2.05, 4.69) is 110 Å². The molecular weight excluding hydrogens is 637 g/mol. The molecular formula is C47H32N4O. The number of hydrogen-bond acceptors (Lipinski definition) is 5. The molecule has 0 amide bonds. The molecule has 0 unspecified atom stereocenters. The van der Waals surface area contributed by atoms with E-state index >= 15 is 0 Å². The van der Waals surface area contributed by atoms with Gasteiger partial charge in [0.05, 0.1) is 5.56 Å². The Kier molecular flexibility index (Phi) is 6.77. The highest BCUT2D eigenvalue weighted by molar-refractivity contribution is 6.11. The molecule has 5 heteroatoms. The minimum Gasteiger partial charge on any atom is -0.455 e. The van der Waals surface area contributed by atoms with Gasteiger partial charge in [0.2, 0.25) is 0 Å². The van der Waals surface area contributed by atoms with Gasteiger partial charge < -0.3 is 4.42 Å². The lowest BCUT2D eigenvalue weighted by atomic mass is 9.82. The molecule has 9 aromatic rings. The summed E-state index contributed by atoms with van der Waals surface area (Å²) in [4.78, 5) is 19.7. The first-order valence-electron chi connectivity index (χ1n) is 17.5. The molecule has 5 nitrogen and oxygen atoms in total. The summed E-state index contributed by atoms with van der Waals surface area (Å²) < 4.78 is 6.61. The van der Waals surface area contributed by atoms with Gasteiger partial charge in [0.15, 0.2) is 17.5 Å². The number of aromatic nitrogens is 4. The van der Waals surface area contributed by atoms with Crippen molar-refractivity contribution in [3.05, 3.63) is 169 Å². The van der Waals surface area contributed by atoms with Crippen molar-refractivity contribution >= 4 is 21.9 Å². The molecule has 0 bridgehead atoms. The van der Waals surface area contributed by atoms with Crippen molar-refractivity contribution in [1.82, 2.24) is 19.9 Å². The molecule has 0 spiro atoms. The van der Waals surface area contributed by atoms with Gasteiger partial charge in [0.25, 0.3) is 0 Å². The van der Waals surface area contributed by atoms with Gasteiger partial charge >= 0.3 is 0 Å². The van der Waals surface area contributed by atoms with Crippen LogP contribution in [-0.4, -0.2) is 19.9 Å². The second-order valence-corrected chi connectivity index (χ2v) is 13.9. The van der Waals surface area contributed by atoms with Crippen LogP contribution in [0, 0.1) is 0 Å². The Morgan fingerprint density at radius 3 is 1.83 bits per heavy atom. The Morgan fingerprint density at radius 2 is 1.02 bits per heavy atom. The van der Waals surface area contributed by atoms with E-state index < -0.39 is 0 Å². The molecule has 3 aromatic heterocycles. The SMILES string of the molecule is CC1(C)c2ccccc2-c2cc(-c3nc(-c4ccccc4)nc(-c4cc(-c5ccc(-c6ccncc6)cc5)cc5c4oc4ccccc45)n3)ccc21. The zero-order valence-electron chi connectivity index (χ0n) is 28.7.